The highest BCUT2D eigenvalue weighted by molar-refractivity contribution is 6.30. The molecule has 3 rings (SSSR count). The van der Waals surface area contributed by atoms with E-state index < -0.39 is 0 Å². The number of halogens is 1. The lowest BCUT2D eigenvalue weighted by molar-refractivity contribution is 0.350. The van der Waals surface area contributed by atoms with Crippen LogP contribution < -0.4 is 10.1 Å². The summed E-state index contributed by atoms with van der Waals surface area (Å²) in [6.07, 6.45) is 6.02. The zero-order valence-electron chi connectivity index (χ0n) is 11.5. The second-order valence-corrected chi connectivity index (χ2v) is 6.41. The largest absolute Gasteiger partial charge is 0.493 e. The fraction of sp³-hybridized carbons (Fsp3) is 0.625. The van der Waals surface area contributed by atoms with Crippen molar-refractivity contribution in [3.05, 3.63) is 28.3 Å². The second-order valence-electron chi connectivity index (χ2n) is 5.98. The fourth-order valence-electron chi connectivity index (χ4n) is 2.80. The molecule has 1 aromatic rings. The van der Waals surface area contributed by atoms with Crippen LogP contribution >= 0.6 is 11.6 Å². The SMILES string of the molecule is CC(CCNC1CC1)Cc1cc(Cl)cc2c1OCC2. The molecule has 0 radical (unpaired) electrons. The van der Waals surface area contributed by atoms with Crippen LogP contribution in [0.1, 0.15) is 37.3 Å². The second kappa shape index (κ2) is 5.72. The van der Waals surface area contributed by atoms with Crippen molar-refractivity contribution in [2.75, 3.05) is 13.2 Å². The standard InChI is InChI=1S/C16H22ClNO/c1-11(4-6-18-15-2-3-15)8-13-10-14(17)9-12-5-7-19-16(12)13/h9-11,15,18H,2-8H2,1H3. The van der Waals surface area contributed by atoms with Gasteiger partial charge in [0.05, 0.1) is 6.61 Å². The van der Waals surface area contributed by atoms with Gasteiger partial charge in [-0.05, 0) is 61.4 Å². The Balaban J connectivity index is 1.58. The lowest BCUT2D eigenvalue weighted by atomic mass is 9.96. The maximum atomic E-state index is 6.20. The first-order valence-electron chi connectivity index (χ1n) is 7.40. The predicted octanol–water partition coefficient (Wildman–Crippen LogP) is 3.60. The number of hydrogen-bond donors (Lipinski definition) is 1. The summed E-state index contributed by atoms with van der Waals surface area (Å²) in [6.45, 7) is 4.26. The van der Waals surface area contributed by atoms with Gasteiger partial charge in [0.2, 0.25) is 0 Å². The third kappa shape index (κ3) is 3.43. The molecule has 3 heteroatoms. The molecule has 1 aliphatic carbocycles. The summed E-state index contributed by atoms with van der Waals surface area (Å²) in [5, 5.41) is 4.43. The molecule has 0 saturated heterocycles. The van der Waals surface area contributed by atoms with E-state index in [1.807, 2.05) is 6.07 Å². The van der Waals surface area contributed by atoms with Gasteiger partial charge in [-0.15, -0.1) is 0 Å². The molecular formula is C16H22ClNO. The number of hydrogen-bond acceptors (Lipinski definition) is 2. The number of benzene rings is 1. The van der Waals surface area contributed by atoms with E-state index in [4.69, 9.17) is 16.3 Å². The Labute approximate surface area is 120 Å². The Kier molecular flexibility index (Phi) is 3.99. The normalized spacial score (nSPS) is 19.1. The van der Waals surface area contributed by atoms with Crippen LogP contribution in [-0.2, 0) is 12.8 Å². The Morgan fingerprint density at radius 2 is 2.26 bits per heavy atom. The van der Waals surface area contributed by atoms with E-state index in [1.165, 1.54) is 30.4 Å². The summed E-state index contributed by atoms with van der Waals surface area (Å²) in [5.74, 6) is 1.77. The van der Waals surface area contributed by atoms with E-state index in [1.54, 1.807) is 0 Å². The highest BCUT2D eigenvalue weighted by Gasteiger charge is 2.21. The molecule has 0 spiro atoms. The molecule has 1 unspecified atom stereocenters. The van der Waals surface area contributed by atoms with Gasteiger partial charge in [-0.2, -0.15) is 0 Å². The van der Waals surface area contributed by atoms with Crippen LogP contribution in [0.5, 0.6) is 5.75 Å². The molecule has 1 fully saturated rings. The van der Waals surface area contributed by atoms with Crippen molar-refractivity contribution in [1.82, 2.24) is 5.32 Å². The molecule has 1 N–H and O–H groups in total. The third-order valence-corrected chi connectivity index (χ3v) is 4.26. The Hall–Kier alpha value is -0.730. The molecule has 0 bridgehead atoms. The molecule has 1 saturated carbocycles. The lowest BCUT2D eigenvalue weighted by Gasteiger charge is -2.15. The van der Waals surface area contributed by atoms with Gasteiger partial charge in [-0.25, -0.2) is 0 Å². The molecular weight excluding hydrogens is 258 g/mol. The molecule has 1 aromatic carbocycles. The third-order valence-electron chi connectivity index (χ3n) is 4.04. The van der Waals surface area contributed by atoms with Crippen LogP contribution in [0.25, 0.3) is 0 Å². The van der Waals surface area contributed by atoms with Crippen LogP contribution in [0, 0.1) is 5.92 Å². The first-order valence-corrected chi connectivity index (χ1v) is 7.77. The average molecular weight is 280 g/mol. The van der Waals surface area contributed by atoms with Crippen molar-refractivity contribution in [3.63, 3.8) is 0 Å². The maximum Gasteiger partial charge on any atom is 0.125 e. The molecule has 1 atom stereocenters. The highest BCUT2D eigenvalue weighted by Crippen LogP contribution is 2.34. The maximum absolute atomic E-state index is 6.20. The molecule has 104 valence electrons. The molecule has 0 aromatic heterocycles. The van der Waals surface area contributed by atoms with Crippen LogP contribution in [-0.4, -0.2) is 19.2 Å². The predicted molar refractivity (Wildman–Crippen MR) is 79.2 cm³/mol. The van der Waals surface area contributed by atoms with Crippen molar-refractivity contribution >= 4 is 11.6 Å². The van der Waals surface area contributed by atoms with E-state index >= 15 is 0 Å². The van der Waals surface area contributed by atoms with Crippen LogP contribution in [0.2, 0.25) is 5.02 Å². The van der Waals surface area contributed by atoms with Gasteiger partial charge in [0.25, 0.3) is 0 Å². The summed E-state index contributed by atoms with van der Waals surface area (Å²) < 4.78 is 5.76. The molecule has 1 aliphatic heterocycles. The summed E-state index contributed by atoms with van der Waals surface area (Å²) in [5.41, 5.74) is 2.57. The summed E-state index contributed by atoms with van der Waals surface area (Å²) in [4.78, 5) is 0. The topological polar surface area (TPSA) is 21.3 Å². The summed E-state index contributed by atoms with van der Waals surface area (Å²) >= 11 is 6.20. The van der Waals surface area contributed by atoms with Crippen molar-refractivity contribution in [3.8, 4) is 5.75 Å². The van der Waals surface area contributed by atoms with Gasteiger partial charge >= 0.3 is 0 Å². The monoisotopic (exact) mass is 279 g/mol. The number of nitrogens with one attached hydrogen (secondary N) is 1. The van der Waals surface area contributed by atoms with E-state index in [2.05, 4.69) is 18.3 Å². The minimum Gasteiger partial charge on any atom is -0.493 e. The van der Waals surface area contributed by atoms with Crippen molar-refractivity contribution in [1.29, 1.82) is 0 Å². The quantitative estimate of drug-likeness (QED) is 0.859. The first kappa shape index (κ1) is 13.3. The van der Waals surface area contributed by atoms with Gasteiger partial charge in [0.15, 0.2) is 0 Å². The Morgan fingerprint density at radius 1 is 1.42 bits per heavy atom. The highest BCUT2D eigenvalue weighted by atomic mass is 35.5. The Bertz CT molecular complexity index is 456. The van der Waals surface area contributed by atoms with E-state index in [9.17, 15) is 0 Å². The van der Waals surface area contributed by atoms with E-state index in [0.29, 0.717) is 5.92 Å². The van der Waals surface area contributed by atoms with Gasteiger partial charge < -0.3 is 10.1 Å². The smallest absolute Gasteiger partial charge is 0.125 e. The van der Waals surface area contributed by atoms with E-state index in [0.717, 1.165) is 42.8 Å². The average Bonchev–Trinajstić information content (AvgIpc) is 3.05. The van der Waals surface area contributed by atoms with E-state index in [-0.39, 0.29) is 0 Å². The lowest BCUT2D eigenvalue weighted by Crippen LogP contribution is -2.20. The Morgan fingerprint density at radius 3 is 3.05 bits per heavy atom. The number of fused-ring (bicyclic) bond motifs is 1. The summed E-state index contributed by atoms with van der Waals surface area (Å²) in [6, 6.07) is 4.94. The van der Waals surface area contributed by atoms with Crippen LogP contribution in [0.15, 0.2) is 12.1 Å². The van der Waals surface area contributed by atoms with Crippen molar-refractivity contribution in [2.45, 2.75) is 45.1 Å². The minimum atomic E-state index is 0.665. The summed E-state index contributed by atoms with van der Waals surface area (Å²) in [7, 11) is 0. The van der Waals surface area contributed by atoms with Crippen molar-refractivity contribution in [2.24, 2.45) is 5.92 Å². The van der Waals surface area contributed by atoms with Crippen molar-refractivity contribution < 1.29 is 4.74 Å². The van der Waals surface area contributed by atoms with Gasteiger partial charge in [0.1, 0.15) is 5.75 Å². The van der Waals surface area contributed by atoms with Gasteiger partial charge in [-0.1, -0.05) is 18.5 Å². The number of rotatable bonds is 6. The molecule has 2 nitrogen and oxygen atoms in total. The first-order chi connectivity index (χ1) is 9.22. The molecule has 1 heterocycles. The van der Waals surface area contributed by atoms with Gasteiger partial charge in [0, 0.05) is 17.5 Å². The zero-order chi connectivity index (χ0) is 13.2. The molecule has 2 aliphatic rings. The molecule has 0 amide bonds. The zero-order valence-corrected chi connectivity index (χ0v) is 12.3. The van der Waals surface area contributed by atoms with Crippen LogP contribution in [0.3, 0.4) is 0 Å². The molecule has 19 heavy (non-hydrogen) atoms. The number of ether oxygens (including phenoxy) is 1. The fourth-order valence-corrected chi connectivity index (χ4v) is 3.06. The van der Waals surface area contributed by atoms with Crippen LogP contribution in [0.4, 0.5) is 0 Å². The minimum absolute atomic E-state index is 0.665. The van der Waals surface area contributed by atoms with Gasteiger partial charge in [-0.3, -0.25) is 0 Å².